The summed E-state index contributed by atoms with van der Waals surface area (Å²) in [6.07, 6.45) is 0. The van der Waals surface area contributed by atoms with Gasteiger partial charge in [0, 0.05) is 23.7 Å². The van der Waals surface area contributed by atoms with E-state index in [2.05, 4.69) is 21.2 Å². The number of nitrogens with one attached hydrogen (secondary N) is 1. The van der Waals surface area contributed by atoms with Crippen molar-refractivity contribution < 1.29 is 19.4 Å². The Balaban J connectivity index is 0.00000363. The van der Waals surface area contributed by atoms with Crippen LogP contribution >= 0.6 is 39.9 Å². The molecule has 3 aromatic carbocycles. The van der Waals surface area contributed by atoms with Gasteiger partial charge in [-0.1, -0.05) is 41.9 Å². The topological polar surface area (TPSA) is 67.8 Å². The van der Waals surface area contributed by atoms with Crippen LogP contribution < -0.4 is 14.8 Å². The van der Waals surface area contributed by atoms with E-state index in [1.807, 2.05) is 55.5 Å². The van der Waals surface area contributed by atoms with Gasteiger partial charge in [0.15, 0.2) is 11.5 Å². The second-order valence-corrected chi connectivity index (χ2v) is 8.09. The lowest BCUT2D eigenvalue weighted by Gasteiger charge is -2.16. The van der Waals surface area contributed by atoms with Crippen molar-refractivity contribution in [3.05, 3.63) is 92.4 Å². The molecular formula is C24H24BrCl2NO4. The number of halogens is 3. The average molecular weight is 541 g/mol. The van der Waals surface area contributed by atoms with Crippen LogP contribution in [0.15, 0.2) is 65.1 Å². The van der Waals surface area contributed by atoms with E-state index in [-0.39, 0.29) is 18.0 Å². The molecule has 170 valence electrons. The number of benzene rings is 3. The zero-order valence-electron chi connectivity index (χ0n) is 17.4. The molecule has 3 rings (SSSR count). The van der Waals surface area contributed by atoms with Crippen LogP contribution in [0.1, 0.15) is 34.0 Å². The molecule has 0 bridgehead atoms. The molecule has 0 atom stereocenters. The van der Waals surface area contributed by atoms with Gasteiger partial charge in [0.25, 0.3) is 0 Å². The second kappa shape index (κ2) is 12.7. The van der Waals surface area contributed by atoms with Gasteiger partial charge in [0.1, 0.15) is 6.61 Å². The first-order chi connectivity index (χ1) is 15.0. The number of carboxylic acid groups (broad SMARTS) is 1. The molecule has 0 aliphatic heterocycles. The number of ether oxygens (including phenoxy) is 2. The van der Waals surface area contributed by atoms with Crippen LogP contribution in [0.4, 0.5) is 0 Å². The molecule has 0 saturated carbocycles. The average Bonchev–Trinajstić information content (AvgIpc) is 2.75. The molecule has 0 unspecified atom stereocenters. The fraction of sp³-hybridized carbons (Fsp3) is 0.208. The SMILES string of the molecule is CCOc1cc(CNCc2ccc(C(=O)O)cc2)cc(Br)c1OCc1ccccc1Cl.Cl. The standard InChI is InChI=1S/C24H23BrClNO4.ClH/c1-2-30-22-12-17(14-27-13-16-7-9-18(10-8-16)24(28)29)11-20(25)23(22)31-15-19-5-3-4-6-21(19)26;/h3-12,27H,2,13-15H2,1H3,(H,28,29);1H. The van der Waals surface area contributed by atoms with Gasteiger partial charge < -0.3 is 19.9 Å². The first kappa shape index (κ1) is 26.0. The minimum absolute atomic E-state index is 0. The third-order valence-electron chi connectivity index (χ3n) is 4.56. The fourth-order valence-corrected chi connectivity index (χ4v) is 3.80. The molecule has 0 amide bonds. The van der Waals surface area contributed by atoms with Crippen LogP contribution in [0.2, 0.25) is 5.02 Å². The van der Waals surface area contributed by atoms with E-state index in [4.69, 9.17) is 26.2 Å². The number of hydrogen-bond acceptors (Lipinski definition) is 4. The molecule has 5 nitrogen and oxygen atoms in total. The Morgan fingerprint density at radius 2 is 1.72 bits per heavy atom. The summed E-state index contributed by atoms with van der Waals surface area (Å²) in [5.41, 5.74) is 3.22. The molecule has 32 heavy (non-hydrogen) atoms. The lowest BCUT2D eigenvalue weighted by Crippen LogP contribution is -2.13. The molecule has 8 heteroatoms. The molecule has 0 spiro atoms. The molecule has 2 N–H and O–H groups in total. The van der Waals surface area contributed by atoms with Gasteiger partial charge in [0.2, 0.25) is 0 Å². The molecule has 3 aromatic rings. The molecule has 0 saturated heterocycles. The highest BCUT2D eigenvalue weighted by Crippen LogP contribution is 2.37. The number of hydrogen-bond donors (Lipinski definition) is 2. The highest BCUT2D eigenvalue weighted by molar-refractivity contribution is 9.10. The Labute approximate surface area is 207 Å². The molecule has 0 heterocycles. The van der Waals surface area contributed by atoms with E-state index in [0.717, 1.165) is 21.2 Å². The van der Waals surface area contributed by atoms with Gasteiger partial charge >= 0.3 is 5.97 Å². The predicted molar refractivity (Wildman–Crippen MR) is 132 cm³/mol. The Hall–Kier alpha value is -2.25. The number of rotatable bonds is 10. The van der Waals surface area contributed by atoms with Gasteiger partial charge in [-0.25, -0.2) is 4.79 Å². The van der Waals surface area contributed by atoms with Gasteiger partial charge in [-0.3, -0.25) is 0 Å². The summed E-state index contributed by atoms with van der Waals surface area (Å²) in [4.78, 5) is 11.0. The smallest absolute Gasteiger partial charge is 0.335 e. The van der Waals surface area contributed by atoms with Crippen LogP contribution in [-0.2, 0) is 19.7 Å². The van der Waals surface area contributed by atoms with Crippen molar-refractivity contribution >= 4 is 45.9 Å². The maximum Gasteiger partial charge on any atom is 0.335 e. The first-order valence-corrected chi connectivity index (χ1v) is 11.0. The van der Waals surface area contributed by atoms with E-state index in [1.165, 1.54) is 0 Å². The third kappa shape index (κ3) is 7.14. The van der Waals surface area contributed by atoms with Gasteiger partial charge in [-0.15, -0.1) is 12.4 Å². The largest absolute Gasteiger partial charge is 0.490 e. The number of carboxylic acids is 1. The molecule has 0 fully saturated rings. The monoisotopic (exact) mass is 539 g/mol. The van der Waals surface area contributed by atoms with Crippen molar-refractivity contribution in [2.24, 2.45) is 0 Å². The van der Waals surface area contributed by atoms with Crippen molar-refractivity contribution in [2.75, 3.05) is 6.61 Å². The normalized spacial score (nSPS) is 10.3. The lowest BCUT2D eigenvalue weighted by molar-refractivity contribution is 0.0697. The summed E-state index contributed by atoms with van der Waals surface area (Å²) in [6, 6.07) is 18.3. The third-order valence-corrected chi connectivity index (χ3v) is 5.52. The summed E-state index contributed by atoms with van der Waals surface area (Å²) in [7, 11) is 0. The minimum Gasteiger partial charge on any atom is -0.490 e. The lowest BCUT2D eigenvalue weighted by atomic mass is 10.1. The summed E-state index contributed by atoms with van der Waals surface area (Å²) in [5.74, 6) is 0.367. The molecule has 0 aromatic heterocycles. The maximum absolute atomic E-state index is 11.0. The van der Waals surface area contributed by atoms with Crippen molar-refractivity contribution in [3.63, 3.8) is 0 Å². The molecule has 0 radical (unpaired) electrons. The van der Waals surface area contributed by atoms with Crippen LogP contribution in [0.3, 0.4) is 0 Å². The van der Waals surface area contributed by atoms with Crippen LogP contribution in [0, 0.1) is 0 Å². The summed E-state index contributed by atoms with van der Waals surface area (Å²) in [5, 5.41) is 13.0. The predicted octanol–water partition coefficient (Wildman–Crippen LogP) is 6.49. The van der Waals surface area contributed by atoms with Crippen molar-refractivity contribution in [3.8, 4) is 11.5 Å². The number of carbonyl (C=O) groups is 1. The summed E-state index contributed by atoms with van der Waals surface area (Å²) >= 11 is 9.82. The van der Waals surface area contributed by atoms with Crippen LogP contribution in [0.5, 0.6) is 11.5 Å². The van der Waals surface area contributed by atoms with E-state index in [9.17, 15) is 4.79 Å². The first-order valence-electron chi connectivity index (χ1n) is 9.82. The molecule has 0 aliphatic rings. The van der Waals surface area contributed by atoms with Crippen LogP contribution in [-0.4, -0.2) is 17.7 Å². The van der Waals surface area contributed by atoms with E-state index in [1.54, 1.807) is 12.1 Å². The van der Waals surface area contributed by atoms with E-state index < -0.39 is 5.97 Å². The van der Waals surface area contributed by atoms with E-state index in [0.29, 0.717) is 42.8 Å². The highest BCUT2D eigenvalue weighted by atomic mass is 79.9. The van der Waals surface area contributed by atoms with Crippen molar-refractivity contribution in [2.45, 2.75) is 26.6 Å². The highest BCUT2D eigenvalue weighted by Gasteiger charge is 2.13. The van der Waals surface area contributed by atoms with Gasteiger partial charge in [-0.2, -0.15) is 0 Å². The summed E-state index contributed by atoms with van der Waals surface area (Å²) in [6.45, 7) is 4.01. The zero-order chi connectivity index (χ0) is 22.2. The quantitative estimate of drug-likeness (QED) is 0.307. The fourth-order valence-electron chi connectivity index (χ4n) is 3.01. The van der Waals surface area contributed by atoms with Crippen molar-refractivity contribution in [1.29, 1.82) is 0 Å². The Morgan fingerprint density at radius 1 is 1.03 bits per heavy atom. The second-order valence-electron chi connectivity index (χ2n) is 6.82. The van der Waals surface area contributed by atoms with Gasteiger partial charge in [-0.05, 0) is 64.3 Å². The van der Waals surface area contributed by atoms with Crippen molar-refractivity contribution in [1.82, 2.24) is 5.32 Å². The zero-order valence-corrected chi connectivity index (χ0v) is 20.6. The Morgan fingerprint density at radius 3 is 2.38 bits per heavy atom. The molecular weight excluding hydrogens is 517 g/mol. The summed E-state index contributed by atoms with van der Waals surface area (Å²) < 4.78 is 12.6. The Bertz CT molecular complexity index is 1040. The Kier molecular flexibility index (Phi) is 10.3. The van der Waals surface area contributed by atoms with Gasteiger partial charge in [0.05, 0.1) is 16.6 Å². The van der Waals surface area contributed by atoms with Crippen LogP contribution in [0.25, 0.3) is 0 Å². The van der Waals surface area contributed by atoms with E-state index >= 15 is 0 Å². The maximum atomic E-state index is 11.0. The molecule has 0 aliphatic carbocycles. The minimum atomic E-state index is -0.926. The number of aromatic carboxylic acids is 1.